The van der Waals surface area contributed by atoms with Crippen molar-refractivity contribution in [2.24, 2.45) is 0 Å². The van der Waals surface area contributed by atoms with Gasteiger partial charge in [0.05, 0.1) is 23.7 Å². The Kier molecular flexibility index (Phi) is 4.28. The molecule has 1 aromatic carbocycles. The van der Waals surface area contributed by atoms with E-state index >= 15 is 0 Å². The molecule has 106 valence electrons. The van der Waals surface area contributed by atoms with E-state index in [4.69, 9.17) is 0 Å². The predicted octanol–water partition coefficient (Wildman–Crippen LogP) is 0.975. The van der Waals surface area contributed by atoms with Crippen LogP contribution in [0.4, 0.5) is 0 Å². The molecule has 1 saturated heterocycles. The molecule has 1 aromatic rings. The number of benzene rings is 1. The molecule has 1 N–H and O–H groups in total. The van der Waals surface area contributed by atoms with Crippen LogP contribution in [0.2, 0.25) is 0 Å². The van der Waals surface area contributed by atoms with Crippen molar-refractivity contribution in [3.63, 3.8) is 0 Å². The summed E-state index contributed by atoms with van der Waals surface area (Å²) in [6.45, 7) is 5.43. The molecule has 0 radical (unpaired) electrons. The second-order valence-electron chi connectivity index (χ2n) is 5.26. The molecule has 0 spiro atoms. The van der Waals surface area contributed by atoms with Gasteiger partial charge in [-0.3, -0.25) is 4.90 Å². The molecule has 0 saturated carbocycles. The van der Waals surface area contributed by atoms with E-state index in [-0.39, 0.29) is 17.5 Å². The van der Waals surface area contributed by atoms with E-state index in [1.807, 2.05) is 43.0 Å². The molecule has 19 heavy (non-hydrogen) atoms. The average molecular weight is 283 g/mol. The third-order valence-electron chi connectivity index (χ3n) is 3.68. The third kappa shape index (κ3) is 3.55. The van der Waals surface area contributed by atoms with Gasteiger partial charge in [0.1, 0.15) is 0 Å². The molecule has 0 aliphatic carbocycles. The number of hydrogen-bond acceptors (Lipinski definition) is 4. The molecule has 2 rings (SSSR count). The maximum absolute atomic E-state index is 11.6. The van der Waals surface area contributed by atoms with Gasteiger partial charge in [-0.15, -0.1) is 0 Å². The van der Waals surface area contributed by atoms with Crippen LogP contribution in [0.5, 0.6) is 0 Å². The Morgan fingerprint density at radius 1 is 1.26 bits per heavy atom. The summed E-state index contributed by atoms with van der Waals surface area (Å²) in [6.07, 6.45) is -0.768. The van der Waals surface area contributed by atoms with Crippen molar-refractivity contribution in [1.82, 2.24) is 4.90 Å². The number of nitrogens with zero attached hydrogens (tertiary/aromatic N) is 1. The first-order chi connectivity index (χ1) is 8.91. The zero-order valence-electron chi connectivity index (χ0n) is 11.4. The van der Waals surface area contributed by atoms with E-state index in [9.17, 15) is 13.5 Å². The van der Waals surface area contributed by atoms with Crippen molar-refractivity contribution in [1.29, 1.82) is 0 Å². The van der Waals surface area contributed by atoms with Crippen LogP contribution in [0, 0.1) is 6.92 Å². The van der Waals surface area contributed by atoms with Crippen LogP contribution < -0.4 is 0 Å². The number of aliphatic hydroxyl groups excluding tert-OH is 1. The topological polar surface area (TPSA) is 57.6 Å². The first-order valence-corrected chi connectivity index (χ1v) is 8.41. The van der Waals surface area contributed by atoms with Crippen molar-refractivity contribution in [2.75, 3.05) is 18.1 Å². The van der Waals surface area contributed by atoms with Crippen LogP contribution >= 0.6 is 0 Å². The Labute approximate surface area is 115 Å². The van der Waals surface area contributed by atoms with Gasteiger partial charge in [0.2, 0.25) is 0 Å². The quantitative estimate of drug-likeness (QED) is 0.895. The van der Waals surface area contributed by atoms with E-state index in [1.54, 1.807) is 0 Å². The zero-order valence-corrected chi connectivity index (χ0v) is 12.2. The molecule has 1 fully saturated rings. The van der Waals surface area contributed by atoms with Gasteiger partial charge >= 0.3 is 0 Å². The van der Waals surface area contributed by atoms with E-state index in [1.165, 1.54) is 5.56 Å². The fraction of sp³-hybridized carbons (Fsp3) is 0.571. The summed E-state index contributed by atoms with van der Waals surface area (Å²) in [7, 11) is -3.09. The van der Waals surface area contributed by atoms with Crippen LogP contribution in [0.1, 0.15) is 18.1 Å². The minimum Gasteiger partial charge on any atom is -0.390 e. The van der Waals surface area contributed by atoms with Gasteiger partial charge in [0.15, 0.2) is 9.84 Å². The monoisotopic (exact) mass is 283 g/mol. The highest BCUT2D eigenvalue weighted by atomic mass is 32.2. The lowest BCUT2D eigenvalue weighted by molar-refractivity contribution is 0.0818. The van der Waals surface area contributed by atoms with Gasteiger partial charge in [0, 0.05) is 6.54 Å². The summed E-state index contributed by atoms with van der Waals surface area (Å²) in [4.78, 5) is 2.04. The van der Waals surface area contributed by atoms with Crippen LogP contribution in [0.15, 0.2) is 24.3 Å². The number of sulfone groups is 1. The SMILES string of the molecule is CCN(Cc1ccc(C)cc1)[C@@H]1CS(=O)(=O)C[C@H]1O. The Balaban J connectivity index is 2.10. The molecule has 0 aromatic heterocycles. The molecule has 1 aliphatic heterocycles. The first-order valence-electron chi connectivity index (χ1n) is 6.59. The first kappa shape index (κ1) is 14.5. The smallest absolute Gasteiger partial charge is 0.154 e. The van der Waals surface area contributed by atoms with E-state index in [0.717, 1.165) is 12.1 Å². The van der Waals surface area contributed by atoms with Crippen LogP contribution in [-0.2, 0) is 16.4 Å². The van der Waals surface area contributed by atoms with Crippen LogP contribution in [-0.4, -0.2) is 48.6 Å². The molecular weight excluding hydrogens is 262 g/mol. The van der Waals surface area contributed by atoms with E-state index < -0.39 is 15.9 Å². The zero-order chi connectivity index (χ0) is 14.0. The minimum absolute atomic E-state index is 0.0634. The number of likely N-dealkylation sites (N-methyl/N-ethyl adjacent to an activating group) is 1. The van der Waals surface area contributed by atoms with Gasteiger partial charge in [-0.2, -0.15) is 0 Å². The maximum atomic E-state index is 11.6. The fourth-order valence-electron chi connectivity index (χ4n) is 2.55. The summed E-state index contributed by atoms with van der Waals surface area (Å²) in [6, 6.07) is 7.91. The normalized spacial score (nSPS) is 25.9. The summed E-state index contributed by atoms with van der Waals surface area (Å²) < 4.78 is 23.2. The van der Waals surface area contributed by atoms with Crippen molar-refractivity contribution in [2.45, 2.75) is 32.5 Å². The summed E-state index contributed by atoms with van der Waals surface area (Å²) in [5.74, 6) is -0.0457. The molecule has 1 aliphatic rings. The van der Waals surface area contributed by atoms with E-state index in [2.05, 4.69) is 0 Å². The van der Waals surface area contributed by atoms with E-state index in [0.29, 0.717) is 6.54 Å². The Morgan fingerprint density at radius 2 is 1.89 bits per heavy atom. The Morgan fingerprint density at radius 3 is 2.37 bits per heavy atom. The van der Waals surface area contributed by atoms with Crippen molar-refractivity contribution >= 4 is 9.84 Å². The second-order valence-corrected chi connectivity index (χ2v) is 7.41. The van der Waals surface area contributed by atoms with Crippen molar-refractivity contribution < 1.29 is 13.5 Å². The van der Waals surface area contributed by atoms with Gasteiger partial charge in [-0.05, 0) is 19.0 Å². The molecule has 2 atom stereocenters. The molecule has 1 heterocycles. The Bertz CT molecular complexity index is 524. The largest absolute Gasteiger partial charge is 0.390 e. The lowest BCUT2D eigenvalue weighted by Crippen LogP contribution is -2.42. The van der Waals surface area contributed by atoms with Gasteiger partial charge in [-0.25, -0.2) is 8.42 Å². The summed E-state index contributed by atoms with van der Waals surface area (Å²) in [5, 5.41) is 9.93. The second kappa shape index (κ2) is 5.61. The standard InChI is InChI=1S/C14H21NO3S/c1-3-15(8-12-6-4-11(2)5-7-12)13-9-19(17,18)10-14(13)16/h4-7,13-14,16H,3,8-10H2,1-2H3/t13-,14-/m1/s1. The number of aliphatic hydroxyl groups is 1. The molecule has 5 heteroatoms. The predicted molar refractivity (Wildman–Crippen MR) is 75.7 cm³/mol. The van der Waals surface area contributed by atoms with Crippen molar-refractivity contribution in [3.8, 4) is 0 Å². The lowest BCUT2D eigenvalue weighted by atomic mass is 10.1. The molecular formula is C14H21NO3S. The maximum Gasteiger partial charge on any atom is 0.154 e. The number of aryl methyl sites for hydroxylation is 1. The number of rotatable bonds is 4. The van der Waals surface area contributed by atoms with Gasteiger partial charge < -0.3 is 5.11 Å². The van der Waals surface area contributed by atoms with Gasteiger partial charge in [-0.1, -0.05) is 36.8 Å². The van der Waals surface area contributed by atoms with Crippen molar-refractivity contribution in [3.05, 3.63) is 35.4 Å². The third-order valence-corrected chi connectivity index (χ3v) is 5.37. The fourth-order valence-corrected chi connectivity index (χ4v) is 4.38. The minimum atomic E-state index is -3.09. The highest BCUT2D eigenvalue weighted by Crippen LogP contribution is 2.20. The molecule has 4 nitrogen and oxygen atoms in total. The molecule has 0 unspecified atom stereocenters. The molecule has 0 amide bonds. The Hall–Kier alpha value is -0.910. The highest BCUT2D eigenvalue weighted by molar-refractivity contribution is 7.91. The lowest BCUT2D eigenvalue weighted by Gasteiger charge is -2.28. The summed E-state index contributed by atoms with van der Waals surface area (Å²) >= 11 is 0. The number of hydrogen-bond donors (Lipinski definition) is 1. The van der Waals surface area contributed by atoms with Gasteiger partial charge in [0.25, 0.3) is 0 Å². The van der Waals surface area contributed by atoms with Crippen LogP contribution in [0.25, 0.3) is 0 Å². The molecule has 0 bridgehead atoms. The van der Waals surface area contributed by atoms with Crippen LogP contribution in [0.3, 0.4) is 0 Å². The highest BCUT2D eigenvalue weighted by Gasteiger charge is 2.39. The average Bonchev–Trinajstić information content (AvgIpc) is 2.62. The summed E-state index contributed by atoms with van der Waals surface area (Å²) in [5.41, 5.74) is 2.35.